The average Bonchev–Trinajstić information content (AvgIpc) is 3.42. The molecule has 8 rings (SSSR count). The van der Waals surface area contributed by atoms with E-state index in [-0.39, 0.29) is 0 Å². The van der Waals surface area contributed by atoms with Crippen LogP contribution in [0.3, 0.4) is 0 Å². The van der Waals surface area contributed by atoms with Crippen LogP contribution >= 0.6 is 11.3 Å². The van der Waals surface area contributed by atoms with E-state index in [0.29, 0.717) is 0 Å². The zero-order chi connectivity index (χ0) is 28.6. The van der Waals surface area contributed by atoms with E-state index in [1.54, 1.807) is 0 Å². The van der Waals surface area contributed by atoms with Gasteiger partial charge in [0.15, 0.2) is 0 Å². The van der Waals surface area contributed by atoms with Gasteiger partial charge in [0.25, 0.3) is 0 Å². The van der Waals surface area contributed by atoms with Gasteiger partial charge in [0.05, 0.1) is 11.4 Å². The summed E-state index contributed by atoms with van der Waals surface area (Å²) in [6, 6.07) is 60.9. The fourth-order valence-electron chi connectivity index (χ4n) is 6.01. The van der Waals surface area contributed by atoms with Gasteiger partial charge in [0.2, 0.25) is 0 Å². The lowest BCUT2D eigenvalue weighted by molar-refractivity contribution is 1.23. The third kappa shape index (κ3) is 4.61. The van der Waals surface area contributed by atoms with Gasteiger partial charge in [-0.05, 0) is 83.6 Å². The highest BCUT2D eigenvalue weighted by Crippen LogP contribution is 2.49. The normalized spacial score (nSPS) is 11.3. The third-order valence-corrected chi connectivity index (χ3v) is 9.09. The highest BCUT2D eigenvalue weighted by Gasteiger charge is 2.24. The Morgan fingerprint density at radius 1 is 0.326 bits per heavy atom. The van der Waals surface area contributed by atoms with Crippen molar-refractivity contribution in [2.24, 2.45) is 0 Å². The van der Waals surface area contributed by atoms with Gasteiger partial charge >= 0.3 is 0 Å². The number of fused-ring (bicyclic) bond motifs is 4. The first kappa shape index (κ1) is 25.3. The van der Waals surface area contributed by atoms with Gasteiger partial charge < -0.3 is 9.80 Å². The van der Waals surface area contributed by atoms with Gasteiger partial charge in [-0.3, -0.25) is 0 Å². The minimum Gasteiger partial charge on any atom is -0.308 e. The number of anilines is 6. The van der Waals surface area contributed by atoms with E-state index >= 15 is 0 Å². The van der Waals surface area contributed by atoms with Crippen molar-refractivity contribution in [2.45, 2.75) is 0 Å². The summed E-state index contributed by atoms with van der Waals surface area (Å²) in [5.74, 6) is 0. The van der Waals surface area contributed by atoms with Crippen LogP contribution in [0.1, 0.15) is 0 Å². The lowest BCUT2D eigenvalue weighted by Crippen LogP contribution is -2.16. The first-order valence-corrected chi connectivity index (χ1v) is 15.3. The van der Waals surface area contributed by atoms with E-state index in [9.17, 15) is 0 Å². The van der Waals surface area contributed by atoms with Crippen LogP contribution in [-0.4, -0.2) is 0 Å². The SMILES string of the molecule is c1ccc(N(c2ccccc2)c2cc3sc4cc5ccccc5cc4c3cc2N(c2ccccc2)c2ccccc2)cc1. The Morgan fingerprint density at radius 3 is 1.14 bits per heavy atom. The molecule has 3 heteroatoms. The quantitative estimate of drug-likeness (QED) is 0.197. The van der Waals surface area contributed by atoms with Crippen molar-refractivity contribution in [3.8, 4) is 0 Å². The second-order valence-electron chi connectivity index (χ2n) is 10.6. The molecule has 0 aliphatic heterocycles. The minimum atomic E-state index is 1.11. The molecule has 8 aromatic rings. The molecule has 0 aliphatic rings. The summed E-state index contributed by atoms with van der Waals surface area (Å²) in [7, 11) is 0. The Bertz CT molecular complexity index is 2090. The summed E-state index contributed by atoms with van der Waals surface area (Å²) in [6.07, 6.45) is 0. The zero-order valence-corrected chi connectivity index (χ0v) is 24.3. The van der Waals surface area contributed by atoms with Crippen molar-refractivity contribution in [3.05, 3.63) is 170 Å². The average molecular weight is 569 g/mol. The first-order chi connectivity index (χ1) is 21.3. The lowest BCUT2D eigenvalue weighted by Gasteiger charge is -2.33. The molecule has 1 aromatic heterocycles. The molecule has 7 aromatic carbocycles. The van der Waals surface area contributed by atoms with Crippen LogP contribution in [0.25, 0.3) is 30.9 Å². The molecule has 0 fully saturated rings. The van der Waals surface area contributed by atoms with Crippen molar-refractivity contribution in [1.29, 1.82) is 0 Å². The molecule has 0 unspecified atom stereocenters. The van der Waals surface area contributed by atoms with E-state index in [4.69, 9.17) is 0 Å². The van der Waals surface area contributed by atoms with E-state index in [1.165, 1.54) is 30.9 Å². The molecule has 0 N–H and O–H groups in total. The molecular weight excluding hydrogens is 541 g/mol. The fraction of sp³-hybridized carbons (Fsp3) is 0. The number of para-hydroxylation sites is 4. The number of thiophene rings is 1. The molecule has 0 radical (unpaired) electrons. The van der Waals surface area contributed by atoms with E-state index in [0.717, 1.165) is 34.1 Å². The van der Waals surface area contributed by atoms with Crippen LogP contribution in [0.15, 0.2) is 170 Å². The van der Waals surface area contributed by atoms with Crippen LogP contribution in [-0.2, 0) is 0 Å². The Balaban J connectivity index is 1.49. The molecule has 204 valence electrons. The zero-order valence-electron chi connectivity index (χ0n) is 23.5. The van der Waals surface area contributed by atoms with Gasteiger partial charge in [-0.2, -0.15) is 0 Å². The predicted molar refractivity (Wildman–Crippen MR) is 186 cm³/mol. The molecule has 0 bridgehead atoms. The van der Waals surface area contributed by atoms with Crippen molar-refractivity contribution in [3.63, 3.8) is 0 Å². The van der Waals surface area contributed by atoms with Crippen LogP contribution < -0.4 is 9.80 Å². The van der Waals surface area contributed by atoms with Crippen molar-refractivity contribution < 1.29 is 0 Å². The van der Waals surface area contributed by atoms with Crippen LogP contribution in [0.4, 0.5) is 34.1 Å². The van der Waals surface area contributed by atoms with E-state index in [1.807, 2.05) is 11.3 Å². The van der Waals surface area contributed by atoms with Gasteiger partial charge in [0, 0.05) is 42.9 Å². The molecule has 43 heavy (non-hydrogen) atoms. The Labute approximate surface area is 255 Å². The molecule has 1 heterocycles. The second kappa shape index (κ2) is 10.8. The highest BCUT2D eigenvalue weighted by molar-refractivity contribution is 7.26. The van der Waals surface area contributed by atoms with Gasteiger partial charge in [-0.15, -0.1) is 11.3 Å². The van der Waals surface area contributed by atoms with Crippen LogP contribution in [0.5, 0.6) is 0 Å². The molecule has 0 saturated carbocycles. The van der Waals surface area contributed by atoms with Gasteiger partial charge in [0.1, 0.15) is 0 Å². The molecule has 0 saturated heterocycles. The summed E-state index contributed by atoms with van der Waals surface area (Å²) in [6.45, 7) is 0. The predicted octanol–water partition coefficient (Wildman–Crippen LogP) is 12.1. The Morgan fingerprint density at radius 2 is 0.674 bits per heavy atom. The lowest BCUT2D eigenvalue weighted by atomic mass is 10.0. The summed E-state index contributed by atoms with van der Waals surface area (Å²) >= 11 is 1.87. The third-order valence-electron chi connectivity index (χ3n) is 7.97. The number of rotatable bonds is 6. The maximum absolute atomic E-state index is 2.40. The first-order valence-electron chi connectivity index (χ1n) is 14.5. The standard InChI is InChI=1S/C40H28N2S/c1-5-17-31(18-6-1)41(32-19-7-2-8-20-32)37-27-36-35-25-29-15-13-14-16-30(29)26-39(35)43-40(36)28-38(37)42(33-21-9-3-10-22-33)34-23-11-4-12-24-34/h1-28H. The molecular formula is C40H28N2S. The number of nitrogens with zero attached hydrogens (tertiary/aromatic N) is 2. The van der Waals surface area contributed by atoms with E-state index < -0.39 is 0 Å². The van der Waals surface area contributed by atoms with Crippen LogP contribution in [0, 0.1) is 0 Å². The molecule has 2 nitrogen and oxygen atoms in total. The number of benzene rings is 7. The number of hydrogen-bond acceptors (Lipinski definition) is 3. The molecule has 0 amide bonds. The monoisotopic (exact) mass is 568 g/mol. The molecule has 0 aliphatic carbocycles. The summed E-state index contributed by atoms with van der Waals surface area (Å²) in [5, 5.41) is 5.09. The molecule has 0 spiro atoms. The largest absolute Gasteiger partial charge is 0.308 e. The highest BCUT2D eigenvalue weighted by atomic mass is 32.1. The Kier molecular flexibility index (Phi) is 6.36. The second-order valence-corrected chi connectivity index (χ2v) is 11.7. The summed E-state index contributed by atoms with van der Waals surface area (Å²) in [4.78, 5) is 4.77. The summed E-state index contributed by atoms with van der Waals surface area (Å²) < 4.78 is 2.57. The maximum atomic E-state index is 2.40. The van der Waals surface area contributed by atoms with Gasteiger partial charge in [-0.1, -0.05) is 97.1 Å². The van der Waals surface area contributed by atoms with Crippen molar-refractivity contribution in [1.82, 2.24) is 0 Å². The molecule has 0 atom stereocenters. The topological polar surface area (TPSA) is 6.48 Å². The Hall–Kier alpha value is -5.38. The van der Waals surface area contributed by atoms with Crippen LogP contribution in [0.2, 0.25) is 0 Å². The van der Waals surface area contributed by atoms with Crippen molar-refractivity contribution >= 4 is 76.4 Å². The summed E-state index contributed by atoms with van der Waals surface area (Å²) in [5.41, 5.74) is 6.68. The van der Waals surface area contributed by atoms with E-state index in [2.05, 4.69) is 180 Å². The fourth-order valence-corrected chi connectivity index (χ4v) is 7.16. The smallest absolute Gasteiger partial charge is 0.0716 e. The maximum Gasteiger partial charge on any atom is 0.0716 e. The van der Waals surface area contributed by atoms with Gasteiger partial charge in [-0.25, -0.2) is 0 Å². The minimum absolute atomic E-state index is 1.11. The number of hydrogen-bond donors (Lipinski definition) is 0. The van der Waals surface area contributed by atoms with Crippen molar-refractivity contribution in [2.75, 3.05) is 9.80 Å².